The highest BCUT2D eigenvalue weighted by Gasteiger charge is 2.33. The van der Waals surface area contributed by atoms with Gasteiger partial charge in [-0.05, 0) is 19.3 Å². The second-order valence-corrected chi connectivity index (χ2v) is 4.38. The normalized spacial score (nSPS) is 14.6. The molecular weight excluding hydrogens is 176 g/mol. The van der Waals surface area contributed by atoms with Gasteiger partial charge in [-0.3, -0.25) is 4.79 Å². The first-order valence-electron chi connectivity index (χ1n) is 5.04. The summed E-state index contributed by atoms with van der Waals surface area (Å²) in [5.74, 6) is 0.361. The summed E-state index contributed by atoms with van der Waals surface area (Å²) >= 11 is 0. The highest BCUT2D eigenvalue weighted by Crippen LogP contribution is 2.22. The minimum atomic E-state index is -0.858. The molecule has 0 radical (unpaired) electrons. The fourth-order valence-electron chi connectivity index (χ4n) is 1.33. The fraction of sp³-hybridized carbons (Fsp3) is 0.818. The van der Waals surface area contributed by atoms with E-state index in [1.807, 2.05) is 6.92 Å². The Kier molecular flexibility index (Phi) is 4.62. The van der Waals surface area contributed by atoms with Gasteiger partial charge >= 0.3 is 0 Å². The molecule has 0 N–H and O–H groups in total. The maximum Gasteiger partial charge on any atom is 0.242 e. The van der Waals surface area contributed by atoms with Crippen LogP contribution in [0, 0.1) is 22.7 Å². The molecule has 0 heterocycles. The van der Waals surface area contributed by atoms with E-state index < -0.39 is 5.41 Å². The van der Waals surface area contributed by atoms with E-state index in [0.717, 1.165) is 0 Å². The van der Waals surface area contributed by atoms with Gasteiger partial charge in [-0.15, -0.1) is 0 Å². The Balaban J connectivity index is 4.53. The molecule has 1 atom stereocenters. The largest absolute Gasteiger partial charge is 0.344 e. The first-order chi connectivity index (χ1) is 6.37. The second kappa shape index (κ2) is 4.99. The number of carbonyl (C=O) groups excluding carboxylic acids is 1. The highest BCUT2D eigenvalue weighted by molar-refractivity contribution is 5.84. The number of rotatable bonds is 4. The van der Waals surface area contributed by atoms with Gasteiger partial charge in [0.2, 0.25) is 5.91 Å². The van der Waals surface area contributed by atoms with Gasteiger partial charge in [-0.25, -0.2) is 0 Å². The summed E-state index contributed by atoms with van der Waals surface area (Å²) in [7, 11) is 1.76. The summed E-state index contributed by atoms with van der Waals surface area (Å²) < 4.78 is 0. The van der Waals surface area contributed by atoms with Crippen LogP contribution in [-0.4, -0.2) is 24.4 Å². The molecule has 0 aromatic heterocycles. The fourth-order valence-corrected chi connectivity index (χ4v) is 1.33. The third kappa shape index (κ3) is 3.02. The third-order valence-electron chi connectivity index (χ3n) is 2.41. The average molecular weight is 196 g/mol. The van der Waals surface area contributed by atoms with Crippen molar-refractivity contribution in [3.63, 3.8) is 0 Å². The molecule has 0 bridgehead atoms. The number of carbonyl (C=O) groups is 1. The summed E-state index contributed by atoms with van der Waals surface area (Å²) in [6.07, 6.45) is 0.560. The first-order valence-corrected chi connectivity index (χ1v) is 5.04. The maximum absolute atomic E-state index is 11.9. The number of hydrogen-bond acceptors (Lipinski definition) is 2. The van der Waals surface area contributed by atoms with E-state index in [0.29, 0.717) is 18.9 Å². The minimum Gasteiger partial charge on any atom is -0.344 e. The van der Waals surface area contributed by atoms with Crippen LogP contribution in [0.25, 0.3) is 0 Å². The Labute approximate surface area is 86.7 Å². The number of nitriles is 1. The Morgan fingerprint density at radius 3 is 2.36 bits per heavy atom. The van der Waals surface area contributed by atoms with Crippen LogP contribution in [0.2, 0.25) is 0 Å². The van der Waals surface area contributed by atoms with Crippen molar-refractivity contribution in [2.75, 3.05) is 13.6 Å². The quantitative estimate of drug-likeness (QED) is 0.690. The minimum absolute atomic E-state index is 0.0730. The predicted molar refractivity (Wildman–Crippen MR) is 56.5 cm³/mol. The van der Waals surface area contributed by atoms with Gasteiger partial charge in [0.1, 0.15) is 5.41 Å². The van der Waals surface area contributed by atoms with Crippen LogP contribution in [0.4, 0.5) is 0 Å². The molecule has 0 saturated heterocycles. The first kappa shape index (κ1) is 13.0. The molecule has 0 saturated carbocycles. The van der Waals surface area contributed by atoms with Crippen LogP contribution >= 0.6 is 0 Å². The van der Waals surface area contributed by atoms with Crippen LogP contribution in [0.5, 0.6) is 0 Å². The van der Waals surface area contributed by atoms with Gasteiger partial charge in [0.25, 0.3) is 0 Å². The van der Waals surface area contributed by atoms with E-state index in [4.69, 9.17) is 5.26 Å². The van der Waals surface area contributed by atoms with Crippen molar-refractivity contribution in [2.24, 2.45) is 11.3 Å². The Morgan fingerprint density at radius 2 is 2.07 bits per heavy atom. The summed E-state index contributed by atoms with van der Waals surface area (Å²) in [6.45, 7) is 8.38. The SMILES string of the molecule is CCC(C)(C#N)C(=O)N(C)CC(C)C. The molecule has 0 aliphatic carbocycles. The molecule has 0 fully saturated rings. The van der Waals surface area contributed by atoms with E-state index in [1.165, 1.54) is 0 Å². The average Bonchev–Trinajstić information content (AvgIpc) is 2.14. The van der Waals surface area contributed by atoms with Gasteiger partial charge in [0.05, 0.1) is 6.07 Å². The Hall–Kier alpha value is -1.04. The lowest BCUT2D eigenvalue weighted by Crippen LogP contribution is -2.40. The monoisotopic (exact) mass is 196 g/mol. The lowest BCUT2D eigenvalue weighted by atomic mass is 9.87. The molecule has 3 heteroatoms. The number of amides is 1. The van der Waals surface area contributed by atoms with Crippen LogP contribution in [0.15, 0.2) is 0 Å². The third-order valence-corrected chi connectivity index (χ3v) is 2.41. The van der Waals surface area contributed by atoms with Gasteiger partial charge in [-0.1, -0.05) is 20.8 Å². The highest BCUT2D eigenvalue weighted by atomic mass is 16.2. The van der Waals surface area contributed by atoms with Crippen molar-refractivity contribution in [3.05, 3.63) is 0 Å². The van der Waals surface area contributed by atoms with Crippen molar-refractivity contribution in [3.8, 4) is 6.07 Å². The molecule has 1 amide bonds. The van der Waals surface area contributed by atoms with Crippen molar-refractivity contribution in [2.45, 2.75) is 34.1 Å². The van der Waals surface area contributed by atoms with Gasteiger partial charge in [0, 0.05) is 13.6 Å². The summed E-state index contributed by atoms with van der Waals surface area (Å²) in [5.41, 5.74) is -0.858. The van der Waals surface area contributed by atoms with E-state index in [-0.39, 0.29) is 5.91 Å². The summed E-state index contributed by atoms with van der Waals surface area (Å²) in [5, 5.41) is 8.94. The summed E-state index contributed by atoms with van der Waals surface area (Å²) in [6, 6.07) is 2.09. The van der Waals surface area contributed by atoms with Gasteiger partial charge < -0.3 is 4.90 Å². The topological polar surface area (TPSA) is 44.1 Å². The zero-order valence-electron chi connectivity index (χ0n) is 9.79. The molecule has 1 unspecified atom stereocenters. The molecule has 0 rings (SSSR count). The summed E-state index contributed by atoms with van der Waals surface area (Å²) in [4.78, 5) is 13.5. The van der Waals surface area contributed by atoms with E-state index >= 15 is 0 Å². The van der Waals surface area contributed by atoms with E-state index in [2.05, 4.69) is 19.9 Å². The molecular formula is C11H20N2O. The van der Waals surface area contributed by atoms with Crippen molar-refractivity contribution < 1.29 is 4.79 Å². The van der Waals surface area contributed by atoms with Crippen LogP contribution < -0.4 is 0 Å². The molecule has 0 aromatic rings. The number of hydrogen-bond donors (Lipinski definition) is 0. The molecule has 14 heavy (non-hydrogen) atoms. The van der Waals surface area contributed by atoms with E-state index in [9.17, 15) is 4.79 Å². The zero-order valence-corrected chi connectivity index (χ0v) is 9.79. The Bertz CT molecular complexity index is 242. The molecule has 80 valence electrons. The van der Waals surface area contributed by atoms with Crippen LogP contribution in [-0.2, 0) is 4.79 Å². The predicted octanol–water partition coefficient (Wildman–Crippen LogP) is 2.04. The lowest BCUT2D eigenvalue weighted by Gasteiger charge is -2.27. The zero-order chi connectivity index (χ0) is 11.4. The van der Waals surface area contributed by atoms with Gasteiger partial charge in [-0.2, -0.15) is 5.26 Å². The van der Waals surface area contributed by atoms with Crippen molar-refractivity contribution in [1.82, 2.24) is 4.90 Å². The van der Waals surface area contributed by atoms with Crippen molar-refractivity contribution in [1.29, 1.82) is 5.26 Å². The molecule has 0 spiro atoms. The molecule has 0 aliphatic rings. The second-order valence-electron chi connectivity index (χ2n) is 4.38. The van der Waals surface area contributed by atoms with E-state index in [1.54, 1.807) is 18.9 Å². The smallest absolute Gasteiger partial charge is 0.242 e. The standard InChI is InChI=1S/C11H20N2O/c1-6-11(4,8-12)10(14)13(5)7-9(2)3/h9H,6-7H2,1-5H3. The van der Waals surface area contributed by atoms with Crippen LogP contribution in [0.1, 0.15) is 34.1 Å². The maximum atomic E-state index is 11.9. The number of nitrogens with zero attached hydrogens (tertiary/aromatic N) is 2. The van der Waals surface area contributed by atoms with Gasteiger partial charge in [0.15, 0.2) is 0 Å². The van der Waals surface area contributed by atoms with Crippen molar-refractivity contribution >= 4 is 5.91 Å². The molecule has 3 nitrogen and oxygen atoms in total. The Morgan fingerprint density at radius 1 is 1.57 bits per heavy atom. The molecule has 0 aromatic carbocycles. The lowest BCUT2D eigenvalue weighted by molar-refractivity contribution is -0.137. The molecule has 0 aliphatic heterocycles. The van der Waals surface area contributed by atoms with Crippen LogP contribution in [0.3, 0.4) is 0 Å².